The normalized spacial score (nSPS) is 38.2. The number of aliphatic carboxylic acids is 1. The molecule has 0 radical (unpaired) electrons. The van der Waals surface area contributed by atoms with E-state index in [2.05, 4.69) is 12.2 Å². The van der Waals surface area contributed by atoms with Gasteiger partial charge in [-0.25, -0.2) is 0 Å². The average Bonchev–Trinajstić information content (AvgIpc) is 2.60. The fourth-order valence-corrected chi connectivity index (χ4v) is 2.25. The van der Waals surface area contributed by atoms with Crippen molar-refractivity contribution in [3.8, 4) is 0 Å². The Balaban J connectivity index is 1.99. The fraction of sp³-hybridized carbons (Fsp3) is 0.500. The molecule has 3 atom stereocenters. The van der Waals surface area contributed by atoms with E-state index in [0.29, 0.717) is 17.8 Å². The van der Waals surface area contributed by atoms with Crippen LogP contribution in [-0.2, 0) is 4.79 Å². The minimum Gasteiger partial charge on any atom is -0.545 e. The maximum absolute atomic E-state index is 10.1. The van der Waals surface area contributed by atoms with E-state index in [1.54, 1.807) is 6.08 Å². The van der Waals surface area contributed by atoms with Gasteiger partial charge >= 0.3 is 0 Å². The number of carbonyl (C=O) groups excluding carboxylic acids is 1. The molecule has 0 aromatic heterocycles. The Morgan fingerprint density at radius 1 is 1.42 bits per heavy atom. The van der Waals surface area contributed by atoms with Crippen LogP contribution < -0.4 is 5.11 Å². The zero-order valence-electron chi connectivity index (χ0n) is 6.77. The first kappa shape index (κ1) is 7.59. The van der Waals surface area contributed by atoms with Gasteiger partial charge in [0.05, 0.1) is 5.97 Å². The van der Waals surface area contributed by atoms with Gasteiger partial charge in [0.25, 0.3) is 0 Å². The van der Waals surface area contributed by atoms with Crippen molar-refractivity contribution in [2.24, 2.45) is 17.8 Å². The van der Waals surface area contributed by atoms with Crippen molar-refractivity contribution in [2.45, 2.75) is 12.8 Å². The highest BCUT2D eigenvalue weighted by atomic mass is 16.4. The van der Waals surface area contributed by atoms with Crippen LogP contribution in [0.25, 0.3) is 0 Å². The maximum atomic E-state index is 10.1. The standard InChI is InChI=1S/C10H12O2/c11-10(12)4-3-9-6-7-1-2-8(9)5-7/h1-4,7-9H,5-6H2,(H,11,12)/p-1/t7-,8-,9+/m0/s1. The van der Waals surface area contributed by atoms with Gasteiger partial charge in [-0.1, -0.05) is 18.2 Å². The summed E-state index contributed by atoms with van der Waals surface area (Å²) in [4.78, 5) is 10.1. The van der Waals surface area contributed by atoms with Crippen LogP contribution in [0.2, 0.25) is 0 Å². The molecule has 2 heteroatoms. The van der Waals surface area contributed by atoms with E-state index in [9.17, 15) is 9.90 Å². The molecular weight excluding hydrogens is 152 g/mol. The lowest BCUT2D eigenvalue weighted by molar-refractivity contribution is -0.297. The number of carbonyl (C=O) groups is 1. The third-order valence-electron chi connectivity index (χ3n) is 2.81. The SMILES string of the molecule is O=C([O-])C=C[C@@H]1C[C@H]2C=C[C@H]1C2. The van der Waals surface area contributed by atoms with Gasteiger partial charge in [0.2, 0.25) is 0 Å². The summed E-state index contributed by atoms with van der Waals surface area (Å²) in [5.41, 5.74) is 0. The second-order valence-electron chi connectivity index (χ2n) is 3.62. The van der Waals surface area contributed by atoms with E-state index in [4.69, 9.17) is 0 Å². The van der Waals surface area contributed by atoms with Crippen LogP contribution in [0.5, 0.6) is 0 Å². The first-order valence-corrected chi connectivity index (χ1v) is 4.33. The van der Waals surface area contributed by atoms with Crippen LogP contribution >= 0.6 is 0 Å². The second-order valence-corrected chi connectivity index (χ2v) is 3.62. The van der Waals surface area contributed by atoms with Gasteiger partial charge in [0, 0.05) is 0 Å². The monoisotopic (exact) mass is 163 g/mol. The molecule has 0 heterocycles. The molecule has 1 saturated carbocycles. The van der Waals surface area contributed by atoms with Crippen molar-refractivity contribution >= 4 is 5.97 Å². The van der Waals surface area contributed by atoms with Crippen LogP contribution in [0.1, 0.15) is 12.8 Å². The van der Waals surface area contributed by atoms with Gasteiger partial charge in [-0.05, 0) is 36.7 Å². The third kappa shape index (κ3) is 1.29. The maximum Gasteiger partial charge on any atom is 0.0639 e. The molecule has 2 rings (SSSR count). The zero-order chi connectivity index (χ0) is 8.55. The Kier molecular flexibility index (Phi) is 1.75. The van der Waals surface area contributed by atoms with Crippen LogP contribution in [0.3, 0.4) is 0 Å². The van der Waals surface area contributed by atoms with Crippen LogP contribution in [0.4, 0.5) is 0 Å². The van der Waals surface area contributed by atoms with Gasteiger partial charge < -0.3 is 9.90 Å². The third-order valence-corrected chi connectivity index (χ3v) is 2.81. The Labute approximate surface area is 71.6 Å². The summed E-state index contributed by atoms with van der Waals surface area (Å²) in [5, 5.41) is 10.1. The van der Waals surface area contributed by atoms with Crippen molar-refractivity contribution in [2.75, 3.05) is 0 Å². The smallest absolute Gasteiger partial charge is 0.0639 e. The van der Waals surface area contributed by atoms with Gasteiger partial charge in [-0.15, -0.1) is 0 Å². The predicted molar refractivity (Wildman–Crippen MR) is 43.0 cm³/mol. The summed E-state index contributed by atoms with van der Waals surface area (Å²) in [6.07, 6.45) is 9.72. The minimum atomic E-state index is -1.08. The molecule has 1 fully saturated rings. The summed E-state index contributed by atoms with van der Waals surface area (Å²) in [6.45, 7) is 0. The van der Waals surface area contributed by atoms with Crippen LogP contribution in [0.15, 0.2) is 24.3 Å². The molecule has 0 spiro atoms. The van der Waals surface area contributed by atoms with Gasteiger partial charge in [0.1, 0.15) is 0 Å². The quantitative estimate of drug-likeness (QED) is 0.439. The van der Waals surface area contributed by atoms with Crippen molar-refractivity contribution in [1.82, 2.24) is 0 Å². The highest BCUT2D eigenvalue weighted by Crippen LogP contribution is 2.43. The first-order chi connectivity index (χ1) is 5.75. The molecule has 0 aromatic carbocycles. The molecule has 2 bridgehead atoms. The Morgan fingerprint density at radius 2 is 2.25 bits per heavy atom. The number of rotatable bonds is 2. The fourth-order valence-electron chi connectivity index (χ4n) is 2.25. The zero-order valence-corrected chi connectivity index (χ0v) is 6.77. The number of hydrogen-bond acceptors (Lipinski definition) is 2. The summed E-state index contributed by atoms with van der Waals surface area (Å²) >= 11 is 0. The van der Waals surface area contributed by atoms with E-state index < -0.39 is 5.97 Å². The van der Waals surface area contributed by atoms with Crippen molar-refractivity contribution in [1.29, 1.82) is 0 Å². The van der Waals surface area contributed by atoms with Crippen LogP contribution in [-0.4, -0.2) is 5.97 Å². The van der Waals surface area contributed by atoms with Gasteiger partial charge in [-0.2, -0.15) is 0 Å². The van der Waals surface area contributed by atoms with E-state index >= 15 is 0 Å². The van der Waals surface area contributed by atoms with E-state index in [-0.39, 0.29) is 0 Å². The van der Waals surface area contributed by atoms with Crippen molar-refractivity contribution < 1.29 is 9.90 Å². The molecule has 64 valence electrons. The molecule has 0 aliphatic heterocycles. The molecule has 0 aromatic rings. The lowest BCUT2D eigenvalue weighted by Crippen LogP contribution is -2.19. The van der Waals surface area contributed by atoms with Crippen molar-refractivity contribution in [3.05, 3.63) is 24.3 Å². The molecular formula is C10H11O2-. The molecule has 12 heavy (non-hydrogen) atoms. The average molecular weight is 163 g/mol. The molecule has 2 aliphatic rings. The minimum absolute atomic E-state index is 0.442. The van der Waals surface area contributed by atoms with E-state index in [1.807, 2.05) is 0 Å². The van der Waals surface area contributed by atoms with E-state index in [0.717, 1.165) is 6.42 Å². The summed E-state index contributed by atoms with van der Waals surface area (Å²) in [7, 11) is 0. The topological polar surface area (TPSA) is 40.1 Å². The molecule has 0 N–H and O–H groups in total. The highest BCUT2D eigenvalue weighted by molar-refractivity contribution is 5.77. The van der Waals surface area contributed by atoms with Crippen LogP contribution in [0, 0.1) is 17.8 Å². The lowest BCUT2D eigenvalue weighted by Gasteiger charge is -2.12. The molecule has 0 saturated heterocycles. The molecule has 0 unspecified atom stereocenters. The van der Waals surface area contributed by atoms with Gasteiger partial charge in [0.15, 0.2) is 0 Å². The first-order valence-electron chi connectivity index (χ1n) is 4.33. The predicted octanol–water partition coefficient (Wildman–Crippen LogP) is 0.505. The number of hydrogen-bond donors (Lipinski definition) is 0. The molecule has 2 nitrogen and oxygen atoms in total. The number of allylic oxidation sites excluding steroid dienone is 3. The Morgan fingerprint density at radius 3 is 2.75 bits per heavy atom. The molecule has 0 amide bonds. The Hall–Kier alpha value is -1.05. The number of fused-ring (bicyclic) bond motifs is 2. The highest BCUT2D eigenvalue weighted by Gasteiger charge is 2.33. The van der Waals surface area contributed by atoms with E-state index in [1.165, 1.54) is 12.5 Å². The lowest BCUT2D eigenvalue weighted by atomic mass is 9.93. The van der Waals surface area contributed by atoms with Crippen molar-refractivity contribution in [3.63, 3.8) is 0 Å². The second kappa shape index (κ2) is 2.77. The Bertz CT molecular complexity index is 253. The number of carboxylic acid groups (broad SMARTS) is 1. The number of carboxylic acids is 1. The summed E-state index contributed by atoms with van der Waals surface area (Å²) in [6, 6.07) is 0. The van der Waals surface area contributed by atoms with Gasteiger partial charge in [-0.3, -0.25) is 0 Å². The molecule has 2 aliphatic carbocycles. The summed E-state index contributed by atoms with van der Waals surface area (Å²) in [5.74, 6) is 0.650. The largest absolute Gasteiger partial charge is 0.545 e. The summed E-state index contributed by atoms with van der Waals surface area (Å²) < 4.78 is 0.